The van der Waals surface area contributed by atoms with Crippen molar-refractivity contribution >= 4 is 29.5 Å². The topological polar surface area (TPSA) is 70.0 Å². The maximum atomic E-state index is 13.7. The van der Waals surface area contributed by atoms with E-state index in [-0.39, 0.29) is 11.5 Å². The summed E-state index contributed by atoms with van der Waals surface area (Å²) in [5, 5.41) is 6.01. The Hall–Kier alpha value is -3.49. The third kappa shape index (κ3) is 3.17. The molecule has 0 spiro atoms. The molecule has 6 nitrogen and oxygen atoms in total. The summed E-state index contributed by atoms with van der Waals surface area (Å²) in [6, 6.07) is 9.74. The Labute approximate surface area is 194 Å². The molecule has 0 bridgehead atoms. The molecule has 5 rings (SSSR count). The quantitative estimate of drug-likeness (QED) is 0.619. The van der Waals surface area contributed by atoms with E-state index in [1.165, 1.54) is 6.07 Å². The van der Waals surface area contributed by atoms with Crippen molar-refractivity contribution in [1.82, 2.24) is 5.01 Å². The zero-order valence-electron chi connectivity index (χ0n) is 18.7. The van der Waals surface area contributed by atoms with E-state index < -0.39 is 52.9 Å². The first-order chi connectivity index (χ1) is 15.9. The first-order valence-electron chi connectivity index (χ1n) is 10.9. The SMILES string of the molecule is CC(C)(C)C(=O)C1C2C(=O)N(c3cccc(C(F)(F)F)c3)C(=O)C2C2c3ccccc3C=NN12. The van der Waals surface area contributed by atoms with Gasteiger partial charge in [0.2, 0.25) is 11.8 Å². The summed E-state index contributed by atoms with van der Waals surface area (Å²) in [5.41, 5.74) is -0.420. The van der Waals surface area contributed by atoms with E-state index in [1.807, 2.05) is 18.2 Å². The highest BCUT2D eigenvalue weighted by molar-refractivity contribution is 6.24. The number of nitrogens with zero attached hydrogens (tertiary/aromatic N) is 3. The fourth-order valence-electron chi connectivity index (χ4n) is 5.19. The molecular weight excluding hydrogens is 447 g/mol. The van der Waals surface area contributed by atoms with Crippen LogP contribution in [0.5, 0.6) is 0 Å². The van der Waals surface area contributed by atoms with Crippen molar-refractivity contribution in [3.63, 3.8) is 0 Å². The number of fused-ring (bicyclic) bond motifs is 5. The molecule has 4 unspecified atom stereocenters. The van der Waals surface area contributed by atoms with Crippen LogP contribution in [0.15, 0.2) is 53.6 Å². The van der Waals surface area contributed by atoms with E-state index in [0.717, 1.165) is 34.2 Å². The number of alkyl halides is 3. The number of Topliss-reactive ketones (excluding diaryl/α,β-unsaturated/α-hetero) is 1. The van der Waals surface area contributed by atoms with Crippen LogP contribution in [0.25, 0.3) is 0 Å². The Bertz CT molecular complexity index is 1250. The number of benzene rings is 2. The average Bonchev–Trinajstić information content (AvgIpc) is 3.25. The molecular formula is C25H22F3N3O3. The molecule has 34 heavy (non-hydrogen) atoms. The first-order valence-corrected chi connectivity index (χ1v) is 10.9. The number of carbonyl (C=O) groups is 3. The van der Waals surface area contributed by atoms with Crippen LogP contribution in [0, 0.1) is 17.3 Å². The molecule has 9 heteroatoms. The van der Waals surface area contributed by atoms with Crippen LogP contribution < -0.4 is 4.90 Å². The van der Waals surface area contributed by atoms with E-state index in [9.17, 15) is 27.6 Å². The highest BCUT2D eigenvalue weighted by Gasteiger charge is 2.66. The molecule has 176 valence electrons. The molecule has 2 aromatic carbocycles. The van der Waals surface area contributed by atoms with E-state index in [2.05, 4.69) is 5.10 Å². The smallest absolute Gasteiger partial charge is 0.297 e. The van der Waals surface area contributed by atoms with Crippen LogP contribution in [-0.2, 0) is 20.6 Å². The molecule has 3 aliphatic rings. The van der Waals surface area contributed by atoms with Crippen LogP contribution in [-0.4, -0.2) is 34.9 Å². The fourth-order valence-corrected chi connectivity index (χ4v) is 5.19. The van der Waals surface area contributed by atoms with Crippen LogP contribution in [0.3, 0.4) is 0 Å². The third-order valence-electron chi connectivity index (χ3n) is 6.73. The second-order valence-corrected chi connectivity index (χ2v) is 9.87. The number of ketones is 1. The van der Waals surface area contributed by atoms with Crippen LogP contribution >= 0.6 is 0 Å². The second kappa shape index (κ2) is 7.25. The second-order valence-electron chi connectivity index (χ2n) is 9.87. The first kappa shape index (κ1) is 22.3. The average molecular weight is 469 g/mol. The normalized spacial score (nSPS) is 25.9. The lowest BCUT2D eigenvalue weighted by atomic mass is 9.79. The molecule has 0 aliphatic carbocycles. The number of anilines is 1. The van der Waals surface area contributed by atoms with E-state index >= 15 is 0 Å². The van der Waals surface area contributed by atoms with Gasteiger partial charge in [-0.2, -0.15) is 18.3 Å². The Morgan fingerprint density at radius 1 is 0.941 bits per heavy atom. The standard InChI is InChI=1S/C25H22F3N3O3/c1-24(2,3)21(32)20-18-17(19-16-10-5-4-7-13(16)12-29-31(19)20)22(33)30(23(18)34)15-9-6-8-14(11-15)25(26,27)28/h4-12,17-20H,1-3H3. The van der Waals surface area contributed by atoms with Gasteiger partial charge >= 0.3 is 6.18 Å². The van der Waals surface area contributed by atoms with Crippen molar-refractivity contribution in [3.8, 4) is 0 Å². The fraction of sp³-hybridized carbons (Fsp3) is 0.360. The molecule has 3 heterocycles. The largest absolute Gasteiger partial charge is 0.416 e. The molecule has 0 N–H and O–H groups in total. The lowest BCUT2D eigenvalue weighted by Crippen LogP contribution is -2.48. The summed E-state index contributed by atoms with van der Waals surface area (Å²) in [4.78, 5) is 41.6. The van der Waals surface area contributed by atoms with Crippen molar-refractivity contribution in [2.75, 3.05) is 4.90 Å². The molecule has 0 aromatic heterocycles. The summed E-state index contributed by atoms with van der Waals surface area (Å²) < 4.78 is 39.9. The van der Waals surface area contributed by atoms with Gasteiger partial charge < -0.3 is 0 Å². The third-order valence-corrected chi connectivity index (χ3v) is 6.73. The van der Waals surface area contributed by atoms with Gasteiger partial charge in [-0.25, -0.2) is 4.90 Å². The molecule has 2 saturated heterocycles. The minimum Gasteiger partial charge on any atom is -0.297 e. The molecule has 2 aromatic rings. The van der Waals surface area contributed by atoms with Crippen molar-refractivity contribution in [1.29, 1.82) is 0 Å². The Balaban J connectivity index is 1.65. The van der Waals surface area contributed by atoms with Gasteiger partial charge in [0, 0.05) is 5.41 Å². The number of hydrogen-bond acceptors (Lipinski definition) is 5. The maximum Gasteiger partial charge on any atom is 0.416 e. The van der Waals surface area contributed by atoms with Crippen LogP contribution in [0.4, 0.5) is 18.9 Å². The number of imide groups is 1. The number of rotatable bonds is 2. The Kier molecular flexibility index (Phi) is 4.76. The number of amides is 2. The van der Waals surface area contributed by atoms with E-state index in [4.69, 9.17) is 0 Å². The van der Waals surface area contributed by atoms with Crippen molar-refractivity contribution in [2.24, 2.45) is 22.4 Å². The van der Waals surface area contributed by atoms with Gasteiger partial charge in [0.05, 0.1) is 35.3 Å². The molecule has 0 radical (unpaired) electrons. The highest BCUT2D eigenvalue weighted by Crippen LogP contribution is 2.53. The summed E-state index contributed by atoms with van der Waals surface area (Å²) in [6.07, 6.45) is -3.02. The van der Waals surface area contributed by atoms with Crippen molar-refractivity contribution in [2.45, 2.75) is 39.0 Å². The predicted octanol–water partition coefficient (Wildman–Crippen LogP) is 4.20. The monoisotopic (exact) mass is 469 g/mol. The number of hydrazone groups is 1. The Morgan fingerprint density at radius 3 is 2.29 bits per heavy atom. The van der Waals surface area contributed by atoms with E-state index in [1.54, 1.807) is 38.1 Å². The van der Waals surface area contributed by atoms with Gasteiger partial charge in [-0.1, -0.05) is 51.1 Å². The van der Waals surface area contributed by atoms with Gasteiger partial charge in [-0.3, -0.25) is 19.4 Å². The number of hydrogen-bond donors (Lipinski definition) is 0. The van der Waals surface area contributed by atoms with Crippen LogP contribution in [0.2, 0.25) is 0 Å². The lowest BCUT2D eigenvalue weighted by molar-refractivity contribution is -0.137. The molecule has 3 aliphatic heterocycles. The molecule has 0 saturated carbocycles. The molecule has 2 amide bonds. The zero-order valence-corrected chi connectivity index (χ0v) is 18.7. The predicted molar refractivity (Wildman–Crippen MR) is 118 cm³/mol. The zero-order chi connectivity index (χ0) is 24.6. The maximum absolute atomic E-state index is 13.7. The number of halogens is 3. The highest BCUT2D eigenvalue weighted by atomic mass is 19.4. The molecule has 4 atom stereocenters. The minimum absolute atomic E-state index is 0.152. The van der Waals surface area contributed by atoms with Crippen LogP contribution in [0.1, 0.15) is 43.5 Å². The summed E-state index contributed by atoms with van der Waals surface area (Å²) in [6.45, 7) is 5.18. The summed E-state index contributed by atoms with van der Waals surface area (Å²) in [5.74, 6) is -3.56. The summed E-state index contributed by atoms with van der Waals surface area (Å²) in [7, 11) is 0. The van der Waals surface area contributed by atoms with Crippen molar-refractivity contribution < 1.29 is 27.6 Å². The minimum atomic E-state index is -4.63. The van der Waals surface area contributed by atoms with Gasteiger partial charge in [0.25, 0.3) is 0 Å². The lowest BCUT2D eigenvalue weighted by Gasteiger charge is -2.35. The van der Waals surface area contributed by atoms with Gasteiger partial charge in [0.15, 0.2) is 5.78 Å². The molecule has 2 fully saturated rings. The van der Waals surface area contributed by atoms with Gasteiger partial charge in [-0.05, 0) is 29.3 Å². The van der Waals surface area contributed by atoms with Gasteiger partial charge in [-0.15, -0.1) is 0 Å². The number of carbonyl (C=O) groups excluding carboxylic acids is 3. The Morgan fingerprint density at radius 2 is 1.62 bits per heavy atom. The summed E-state index contributed by atoms with van der Waals surface area (Å²) >= 11 is 0. The van der Waals surface area contributed by atoms with E-state index in [0.29, 0.717) is 0 Å². The van der Waals surface area contributed by atoms with Gasteiger partial charge in [0.1, 0.15) is 6.04 Å². The van der Waals surface area contributed by atoms with Crippen molar-refractivity contribution in [3.05, 3.63) is 65.2 Å².